The molecule has 0 saturated carbocycles. The highest BCUT2D eigenvalue weighted by molar-refractivity contribution is 5.36. The molecule has 1 aliphatic heterocycles. The second kappa shape index (κ2) is 7.27. The number of ether oxygens (including phenoxy) is 2. The molecule has 0 bridgehead atoms. The molecule has 4 rings (SSSR count). The number of para-hydroxylation sites is 1. The lowest BCUT2D eigenvalue weighted by Gasteiger charge is -2.19. The van der Waals surface area contributed by atoms with E-state index in [9.17, 15) is 13.2 Å². The molecule has 0 aliphatic carbocycles. The molecular weight excluding hydrogens is 375 g/mol. The molecule has 0 radical (unpaired) electrons. The van der Waals surface area contributed by atoms with E-state index in [-0.39, 0.29) is 18.3 Å². The molecule has 0 unspecified atom stereocenters. The Labute approximate surface area is 158 Å². The number of fused-ring (bicyclic) bond motifs is 2. The average molecular weight is 393 g/mol. The van der Waals surface area contributed by atoms with Gasteiger partial charge in [0.15, 0.2) is 0 Å². The van der Waals surface area contributed by atoms with E-state index in [2.05, 4.69) is 20.0 Å². The highest BCUT2D eigenvalue weighted by Crippen LogP contribution is 2.28. The van der Waals surface area contributed by atoms with Crippen molar-refractivity contribution in [2.75, 3.05) is 19.8 Å². The number of rotatable bonds is 4. The summed E-state index contributed by atoms with van der Waals surface area (Å²) in [6.07, 6.45) is -4.65. The van der Waals surface area contributed by atoms with E-state index in [1.807, 2.05) is 24.3 Å². The van der Waals surface area contributed by atoms with Gasteiger partial charge in [-0.15, -0.1) is 5.10 Å². The van der Waals surface area contributed by atoms with E-state index in [1.165, 1.54) is 0 Å². The number of alkyl halides is 3. The van der Waals surface area contributed by atoms with Gasteiger partial charge in [0.2, 0.25) is 5.88 Å². The highest BCUT2D eigenvalue weighted by atomic mass is 19.4. The minimum absolute atomic E-state index is 0.139. The van der Waals surface area contributed by atoms with Crippen LogP contribution in [-0.2, 0) is 19.3 Å². The zero-order valence-corrected chi connectivity index (χ0v) is 15.1. The lowest BCUT2D eigenvalue weighted by Crippen LogP contribution is -2.26. The molecular formula is C18H18F3N5O2. The summed E-state index contributed by atoms with van der Waals surface area (Å²) >= 11 is 0. The van der Waals surface area contributed by atoms with Crippen molar-refractivity contribution < 1.29 is 22.6 Å². The molecule has 148 valence electrons. The predicted octanol–water partition coefficient (Wildman–Crippen LogP) is 2.94. The Morgan fingerprint density at radius 2 is 2.04 bits per heavy atom. The van der Waals surface area contributed by atoms with Crippen molar-refractivity contribution in [1.29, 1.82) is 0 Å². The van der Waals surface area contributed by atoms with Crippen LogP contribution in [-0.4, -0.2) is 44.2 Å². The van der Waals surface area contributed by atoms with Crippen molar-refractivity contribution in [3.63, 3.8) is 0 Å². The van der Waals surface area contributed by atoms with Crippen molar-refractivity contribution >= 4 is 5.78 Å². The maximum atomic E-state index is 13.0. The summed E-state index contributed by atoms with van der Waals surface area (Å²) < 4.78 is 51.1. The lowest BCUT2D eigenvalue weighted by atomic mass is 10.2. The number of halogens is 3. The van der Waals surface area contributed by atoms with Crippen LogP contribution in [0.15, 0.2) is 30.3 Å². The van der Waals surface area contributed by atoms with Crippen LogP contribution in [0.1, 0.15) is 24.0 Å². The lowest BCUT2D eigenvalue weighted by molar-refractivity contribution is -0.144. The molecule has 2 aromatic heterocycles. The van der Waals surface area contributed by atoms with Gasteiger partial charge in [0, 0.05) is 31.3 Å². The van der Waals surface area contributed by atoms with Crippen LogP contribution in [0.2, 0.25) is 0 Å². The first kappa shape index (κ1) is 18.5. The van der Waals surface area contributed by atoms with E-state index >= 15 is 0 Å². The molecule has 0 fully saturated rings. The third kappa shape index (κ3) is 3.72. The number of hydrogen-bond acceptors (Lipinski definition) is 6. The Morgan fingerprint density at radius 1 is 1.21 bits per heavy atom. The molecule has 3 heterocycles. The van der Waals surface area contributed by atoms with Crippen LogP contribution >= 0.6 is 0 Å². The van der Waals surface area contributed by atoms with E-state index < -0.39 is 12.0 Å². The predicted molar refractivity (Wildman–Crippen MR) is 93.0 cm³/mol. The van der Waals surface area contributed by atoms with Gasteiger partial charge < -0.3 is 9.47 Å². The minimum atomic E-state index is -4.65. The van der Waals surface area contributed by atoms with Crippen LogP contribution in [0, 0.1) is 0 Å². The Kier molecular flexibility index (Phi) is 4.80. The molecule has 1 aromatic carbocycles. The second-order valence-corrected chi connectivity index (χ2v) is 6.33. The topological polar surface area (TPSA) is 64.8 Å². The molecule has 0 spiro atoms. The Bertz CT molecular complexity index is 989. The van der Waals surface area contributed by atoms with Crippen molar-refractivity contribution in [1.82, 2.24) is 24.5 Å². The minimum Gasteiger partial charge on any atom is -0.492 e. The second-order valence-electron chi connectivity index (χ2n) is 6.33. The Balaban J connectivity index is 1.65. The van der Waals surface area contributed by atoms with Crippen molar-refractivity contribution in [2.45, 2.75) is 26.2 Å². The number of benzene rings is 1. The summed E-state index contributed by atoms with van der Waals surface area (Å²) in [7, 11) is 0. The summed E-state index contributed by atoms with van der Waals surface area (Å²) in [5.74, 6) is -0.359. The quantitative estimate of drug-likeness (QED) is 0.679. The van der Waals surface area contributed by atoms with Crippen LogP contribution in [0.25, 0.3) is 5.78 Å². The van der Waals surface area contributed by atoms with Crippen molar-refractivity contribution in [3.8, 4) is 11.6 Å². The summed E-state index contributed by atoms with van der Waals surface area (Å²) in [6.45, 7) is 4.27. The van der Waals surface area contributed by atoms with E-state index in [0.29, 0.717) is 31.9 Å². The van der Waals surface area contributed by atoms with E-state index in [1.54, 1.807) is 13.0 Å². The normalized spacial score (nSPS) is 15.1. The first-order valence-corrected chi connectivity index (χ1v) is 8.84. The van der Waals surface area contributed by atoms with E-state index in [0.717, 1.165) is 15.8 Å². The maximum Gasteiger partial charge on any atom is 0.453 e. The molecule has 3 aromatic rings. The van der Waals surface area contributed by atoms with Gasteiger partial charge in [-0.05, 0) is 13.0 Å². The van der Waals surface area contributed by atoms with Gasteiger partial charge in [0.05, 0.1) is 12.3 Å². The Hall–Kier alpha value is -2.88. The van der Waals surface area contributed by atoms with Gasteiger partial charge in [0.1, 0.15) is 12.4 Å². The third-order valence-corrected chi connectivity index (χ3v) is 4.30. The zero-order chi connectivity index (χ0) is 19.7. The van der Waals surface area contributed by atoms with Gasteiger partial charge in [-0.1, -0.05) is 18.2 Å². The fourth-order valence-corrected chi connectivity index (χ4v) is 3.08. The molecule has 7 nitrogen and oxygen atoms in total. The standard InChI is InChI=1S/C18H18F3N5O2/c1-2-27-15-9-13(22-17-23-16(18(19,20)21)24-26(15)17)11-25-7-8-28-14-6-4-3-5-12(14)10-25/h3-6,9H,2,7-8,10-11H2,1H3. The van der Waals surface area contributed by atoms with Crippen molar-refractivity contribution in [3.05, 3.63) is 47.4 Å². The average Bonchev–Trinajstić information content (AvgIpc) is 2.98. The SMILES string of the molecule is CCOc1cc(CN2CCOc3ccccc3C2)nc2nc(C(F)(F)F)nn12. The fourth-order valence-electron chi connectivity index (χ4n) is 3.08. The molecule has 0 amide bonds. The Morgan fingerprint density at radius 3 is 2.82 bits per heavy atom. The van der Waals surface area contributed by atoms with Crippen LogP contribution in [0.5, 0.6) is 11.6 Å². The largest absolute Gasteiger partial charge is 0.492 e. The summed E-state index contributed by atoms with van der Waals surface area (Å²) in [5.41, 5.74) is 1.60. The fraction of sp³-hybridized carbons (Fsp3) is 0.389. The summed E-state index contributed by atoms with van der Waals surface area (Å²) in [6, 6.07) is 9.37. The van der Waals surface area contributed by atoms with Gasteiger partial charge >= 0.3 is 6.18 Å². The first-order valence-electron chi connectivity index (χ1n) is 8.84. The van der Waals surface area contributed by atoms with Crippen LogP contribution in [0.3, 0.4) is 0 Å². The summed E-state index contributed by atoms with van der Waals surface area (Å²) in [4.78, 5) is 9.90. The smallest absolute Gasteiger partial charge is 0.453 e. The molecule has 28 heavy (non-hydrogen) atoms. The molecule has 0 atom stereocenters. The van der Waals surface area contributed by atoms with Gasteiger partial charge in [-0.3, -0.25) is 4.90 Å². The van der Waals surface area contributed by atoms with E-state index in [4.69, 9.17) is 9.47 Å². The molecule has 0 saturated heterocycles. The number of aromatic nitrogens is 4. The first-order chi connectivity index (χ1) is 13.4. The molecule has 10 heteroatoms. The number of nitrogens with zero attached hydrogens (tertiary/aromatic N) is 5. The highest BCUT2D eigenvalue weighted by Gasteiger charge is 2.37. The van der Waals surface area contributed by atoms with Gasteiger partial charge in [-0.2, -0.15) is 22.7 Å². The zero-order valence-electron chi connectivity index (χ0n) is 15.1. The maximum absolute atomic E-state index is 13.0. The molecule has 1 aliphatic rings. The third-order valence-electron chi connectivity index (χ3n) is 4.30. The monoisotopic (exact) mass is 393 g/mol. The number of hydrogen-bond donors (Lipinski definition) is 0. The van der Waals surface area contributed by atoms with Gasteiger partial charge in [0.25, 0.3) is 11.6 Å². The van der Waals surface area contributed by atoms with Crippen LogP contribution < -0.4 is 9.47 Å². The van der Waals surface area contributed by atoms with Crippen LogP contribution in [0.4, 0.5) is 13.2 Å². The summed E-state index contributed by atoms with van der Waals surface area (Å²) in [5, 5.41) is 3.49. The van der Waals surface area contributed by atoms with Crippen molar-refractivity contribution in [2.24, 2.45) is 0 Å². The molecule has 0 N–H and O–H groups in total. The van der Waals surface area contributed by atoms with Gasteiger partial charge in [-0.25, -0.2) is 4.98 Å².